The lowest BCUT2D eigenvalue weighted by molar-refractivity contribution is -0.141. The highest BCUT2D eigenvalue weighted by molar-refractivity contribution is 5.96. The summed E-state index contributed by atoms with van der Waals surface area (Å²) < 4.78 is 0. The Morgan fingerprint density at radius 3 is 2.39 bits per heavy atom. The van der Waals surface area contributed by atoms with Crippen molar-refractivity contribution in [2.45, 2.75) is 43.9 Å². The molecule has 0 aromatic heterocycles. The van der Waals surface area contributed by atoms with Gasteiger partial charge in [0, 0.05) is 11.5 Å². The van der Waals surface area contributed by atoms with Crippen molar-refractivity contribution in [2.24, 2.45) is 5.92 Å². The Morgan fingerprint density at radius 1 is 1.11 bits per heavy atom. The van der Waals surface area contributed by atoms with Gasteiger partial charge in [0.15, 0.2) is 0 Å². The molecule has 2 aliphatic rings. The first-order chi connectivity index (χ1) is 13.3. The normalized spacial score (nSPS) is 27.3. The van der Waals surface area contributed by atoms with Crippen LogP contribution in [0.3, 0.4) is 0 Å². The van der Waals surface area contributed by atoms with Crippen LogP contribution < -0.4 is 0 Å². The van der Waals surface area contributed by atoms with Crippen LogP contribution in [-0.4, -0.2) is 27.5 Å². The fourth-order valence-electron chi connectivity index (χ4n) is 5.04. The van der Waals surface area contributed by atoms with E-state index in [1.807, 2.05) is 86.3 Å². The maximum absolute atomic E-state index is 14.1. The fraction of sp³-hybridized carbons (Fsp3) is 0.320. The highest BCUT2D eigenvalue weighted by atomic mass is 16.3. The maximum Gasteiger partial charge on any atom is 0.237 e. The molecule has 1 saturated heterocycles. The SMILES string of the molecule is C=C[C@H]1[C@@H]2C=Cc3ccccc3[C@]2(C(O)c2ccccc2)C(=O)N1C(C)(C)C. The summed E-state index contributed by atoms with van der Waals surface area (Å²) in [6.07, 6.45) is 5.06. The molecule has 4 rings (SSSR count). The number of carbonyl (C=O) groups excluding carboxylic acids is 1. The maximum atomic E-state index is 14.1. The zero-order valence-electron chi connectivity index (χ0n) is 16.7. The van der Waals surface area contributed by atoms with E-state index in [2.05, 4.69) is 18.7 Å². The summed E-state index contributed by atoms with van der Waals surface area (Å²) in [6.45, 7) is 10.2. The molecule has 28 heavy (non-hydrogen) atoms. The molecular weight excluding hydrogens is 346 g/mol. The van der Waals surface area contributed by atoms with Gasteiger partial charge < -0.3 is 10.0 Å². The van der Waals surface area contributed by atoms with Gasteiger partial charge in [0.2, 0.25) is 5.91 Å². The Morgan fingerprint density at radius 2 is 1.75 bits per heavy atom. The van der Waals surface area contributed by atoms with Gasteiger partial charge in [-0.2, -0.15) is 0 Å². The second-order valence-corrected chi connectivity index (χ2v) is 8.73. The number of amides is 1. The molecule has 4 atom stereocenters. The molecule has 1 amide bonds. The van der Waals surface area contributed by atoms with Crippen LogP contribution in [0.5, 0.6) is 0 Å². The summed E-state index contributed by atoms with van der Waals surface area (Å²) in [5, 5.41) is 11.7. The number of hydrogen-bond acceptors (Lipinski definition) is 2. The Kier molecular flexibility index (Phi) is 4.31. The minimum absolute atomic E-state index is 0.0388. The largest absolute Gasteiger partial charge is 0.387 e. The first-order valence-electron chi connectivity index (χ1n) is 9.80. The monoisotopic (exact) mass is 373 g/mol. The second-order valence-electron chi connectivity index (χ2n) is 8.73. The molecule has 3 heteroatoms. The predicted molar refractivity (Wildman–Crippen MR) is 113 cm³/mol. The van der Waals surface area contributed by atoms with E-state index in [1.54, 1.807) is 0 Å². The van der Waals surface area contributed by atoms with E-state index in [-0.39, 0.29) is 23.4 Å². The third-order valence-corrected chi connectivity index (χ3v) is 6.16. The summed E-state index contributed by atoms with van der Waals surface area (Å²) in [5.74, 6) is -0.232. The lowest BCUT2D eigenvalue weighted by Crippen LogP contribution is -2.51. The van der Waals surface area contributed by atoms with Crippen LogP contribution >= 0.6 is 0 Å². The fourth-order valence-corrected chi connectivity index (χ4v) is 5.04. The van der Waals surface area contributed by atoms with Gasteiger partial charge in [0.05, 0.1) is 12.1 Å². The molecule has 1 aliphatic carbocycles. The minimum Gasteiger partial charge on any atom is -0.387 e. The summed E-state index contributed by atoms with van der Waals surface area (Å²) in [5.41, 5.74) is 1.17. The van der Waals surface area contributed by atoms with Gasteiger partial charge in [0.1, 0.15) is 5.41 Å². The Bertz CT molecular complexity index is 941. The van der Waals surface area contributed by atoms with Crippen molar-refractivity contribution in [3.8, 4) is 0 Å². The van der Waals surface area contributed by atoms with Gasteiger partial charge in [-0.25, -0.2) is 0 Å². The lowest BCUT2D eigenvalue weighted by Gasteiger charge is -2.40. The predicted octanol–water partition coefficient (Wildman–Crippen LogP) is 4.50. The number of aliphatic hydroxyl groups is 1. The van der Waals surface area contributed by atoms with Crippen molar-refractivity contribution in [1.29, 1.82) is 0 Å². The van der Waals surface area contributed by atoms with Crippen LogP contribution in [0.15, 0.2) is 73.3 Å². The van der Waals surface area contributed by atoms with Gasteiger partial charge in [-0.15, -0.1) is 6.58 Å². The van der Waals surface area contributed by atoms with Gasteiger partial charge in [-0.05, 0) is 37.5 Å². The van der Waals surface area contributed by atoms with E-state index in [0.29, 0.717) is 0 Å². The van der Waals surface area contributed by atoms with Crippen molar-refractivity contribution in [3.05, 3.63) is 90.0 Å². The average Bonchev–Trinajstić information content (AvgIpc) is 2.97. The van der Waals surface area contributed by atoms with Crippen LogP contribution in [0.4, 0.5) is 0 Å². The summed E-state index contributed by atoms with van der Waals surface area (Å²) in [4.78, 5) is 16.0. The van der Waals surface area contributed by atoms with Crippen LogP contribution in [-0.2, 0) is 10.2 Å². The number of nitrogens with zero attached hydrogens (tertiary/aromatic N) is 1. The van der Waals surface area contributed by atoms with Crippen LogP contribution in [0.25, 0.3) is 6.08 Å². The van der Waals surface area contributed by atoms with Crippen molar-refractivity contribution < 1.29 is 9.90 Å². The number of hydrogen-bond donors (Lipinski definition) is 1. The summed E-state index contributed by atoms with van der Waals surface area (Å²) in [6, 6.07) is 17.3. The van der Waals surface area contributed by atoms with Gasteiger partial charge in [-0.3, -0.25) is 4.79 Å². The molecule has 0 spiro atoms. The lowest BCUT2D eigenvalue weighted by atomic mass is 9.61. The summed E-state index contributed by atoms with van der Waals surface area (Å²) in [7, 11) is 0. The zero-order chi connectivity index (χ0) is 20.1. The van der Waals surface area contributed by atoms with Crippen LogP contribution in [0.1, 0.15) is 43.6 Å². The van der Waals surface area contributed by atoms with E-state index < -0.39 is 11.5 Å². The molecule has 0 bridgehead atoms. The second kappa shape index (κ2) is 6.46. The minimum atomic E-state index is -1.07. The van der Waals surface area contributed by atoms with E-state index in [0.717, 1.165) is 16.7 Å². The van der Waals surface area contributed by atoms with Crippen molar-refractivity contribution in [1.82, 2.24) is 4.90 Å². The zero-order valence-corrected chi connectivity index (χ0v) is 16.7. The first kappa shape index (κ1) is 18.7. The molecule has 0 saturated carbocycles. The quantitative estimate of drug-likeness (QED) is 0.805. The van der Waals surface area contributed by atoms with E-state index in [4.69, 9.17) is 0 Å². The number of benzene rings is 2. The molecular formula is C25H27NO2. The standard InChI is InChI=1S/C25H27NO2/c1-5-21-20-16-15-17-11-9-10-14-19(17)25(20,23(28)26(21)24(2,3)4)22(27)18-12-7-6-8-13-18/h5-16,20-22,27H,1H2,2-4H3/t20-,21-,22?,25-/m0/s1. The molecule has 1 heterocycles. The van der Waals surface area contributed by atoms with Crippen molar-refractivity contribution in [3.63, 3.8) is 0 Å². The van der Waals surface area contributed by atoms with E-state index in [1.165, 1.54) is 0 Å². The highest BCUT2D eigenvalue weighted by Crippen LogP contribution is 2.56. The molecule has 1 aliphatic heterocycles. The number of carbonyl (C=O) groups is 1. The molecule has 0 radical (unpaired) electrons. The van der Waals surface area contributed by atoms with Crippen molar-refractivity contribution in [2.75, 3.05) is 0 Å². The van der Waals surface area contributed by atoms with Crippen LogP contribution in [0, 0.1) is 5.92 Å². The van der Waals surface area contributed by atoms with Gasteiger partial charge >= 0.3 is 0 Å². The molecule has 1 N–H and O–H groups in total. The number of fused-ring (bicyclic) bond motifs is 3. The van der Waals surface area contributed by atoms with E-state index in [9.17, 15) is 9.90 Å². The molecule has 3 nitrogen and oxygen atoms in total. The Balaban J connectivity index is 2.02. The topological polar surface area (TPSA) is 40.5 Å². The van der Waals surface area contributed by atoms with Gasteiger partial charge in [0.25, 0.3) is 0 Å². The highest BCUT2D eigenvalue weighted by Gasteiger charge is 2.65. The molecule has 1 fully saturated rings. The van der Waals surface area contributed by atoms with Crippen LogP contribution in [0.2, 0.25) is 0 Å². The number of aliphatic hydroxyl groups excluding tert-OH is 1. The Labute approximate surface area is 167 Å². The van der Waals surface area contributed by atoms with E-state index >= 15 is 0 Å². The molecule has 2 aromatic carbocycles. The smallest absolute Gasteiger partial charge is 0.237 e. The third kappa shape index (κ3) is 2.43. The molecule has 144 valence electrons. The average molecular weight is 373 g/mol. The third-order valence-electron chi connectivity index (χ3n) is 6.16. The van der Waals surface area contributed by atoms with Gasteiger partial charge in [-0.1, -0.05) is 72.8 Å². The number of likely N-dealkylation sites (tertiary alicyclic amines) is 1. The Hall–Kier alpha value is -2.65. The molecule has 1 unspecified atom stereocenters. The summed E-state index contributed by atoms with van der Waals surface area (Å²) >= 11 is 0. The molecule has 2 aromatic rings. The van der Waals surface area contributed by atoms with Crippen molar-refractivity contribution >= 4 is 12.0 Å². The number of rotatable bonds is 3. The first-order valence-corrected chi connectivity index (χ1v) is 9.80.